The number of morpholine rings is 1. The second-order valence-electron chi connectivity index (χ2n) is 8.16. The first-order chi connectivity index (χ1) is 15.3. The molecule has 0 spiro atoms. The van der Waals surface area contributed by atoms with Gasteiger partial charge in [-0.2, -0.15) is 13.2 Å². The number of hydrogen-bond donors (Lipinski definition) is 2. The van der Waals surface area contributed by atoms with Crippen molar-refractivity contribution in [1.82, 2.24) is 14.9 Å². The Labute approximate surface area is 181 Å². The van der Waals surface area contributed by atoms with E-state index in [1.165, 1.54) is 24.4 Å². The van der Waals surface area contributed by atoms with E-state index >= 15 is 0 Å². The third-order valence-electron chi connectivity index (χ3n) is 5.99. The van der Waals surface area contributed by atoms with E-state index in [4.69, 9.17) is 9.47 Å². The molecule has 3 aromatic rings. The molecular weight excluding hydrogens is 428 g/mol. The van der Waals surface area contributed by atoms with E-state index in [9.17, 15) is 17.6 Å². The van der Waals surface area contributed by atoms with Gasteiger partial charge < -0.3 is 19.8 Å². The van der Waals surface area contributed by atoms with Crippen LogP contribution in [0.15, 0.2) is 36.5 Å². The molecule has 0 unspecified atom stereocenters. The van der Waals surface area contributed by atoms with Gasteiger partial charge in [0.2, 0.25) is 0 Å². The molecule has 3 atom stereocenters. The zero-order chi connectivity index (χ0) is 22.5. The number of nitrogens with zero attached hydrogens (tertiary/aromatic N) is 2. The van der Waals surface area contributed by atoms with Crippen molar-refractivity contribution in [2.45, 2.75) is 31.3 Å². The number of aromatic nitrogens is 2. The van der Waals surface area contributed by atoms with Crippen LogP contribution in [0.3, 0.4) is 0 Å². The van der Waals surface area contributed by atoms with Crippen molar-refractivity contribution in [3.05, 3.63) is 53.6 Å². The number of fused-ring (bicyclic) bond motifs is 2. The van der Waals surface area contributed by atoms with Gasteiger partial charge in [-0.15, -0.1) is 0 Å². The average Bonchev–Trinajstić information content (AvgIpc) is 3.20. The van der Waals surface area contributed by atoms with E-state index in [0.717, 1.165) is 11.6 Å². The third kappa shape index (κ3) is 3.88. The van der Waals surface area contributed by atoms with Crippen molar-refractivity contribution in [2.75, 3.05) is 31.6 Å². The lowest BCUT2D eigenvalue weighted by Gasteiger charge is -2.43. The topological polar surface area (TPSA) is 62.4 Å². The van der Waals surface area contributed by atoms with Crippen LogP contribution >= 0.6 is 0 Å². The predicted octanol–water partition coefficient (Wildman–Crippen LogP) is 4.36. The minimum absolute atomic E-state index is 0.0413. The fourth-order valence-corrected chi connectivity index (χ4v) is 4.47. The Balaban J connectivity index is 1.55. The lowest BCUT2D eigenvalue weighted by molar-refractivity contribution is -0.140. The molecule has 0 aliphatic carbocycles. The molecule has 32 heavy (non-hydrogen) atoms. The summed E-state index contributed by atoms with van der Waals surface area (Å²) in [5.74, 6) is 0.321. The first kappa shape index (κ1) is 21.0. The highest BCUT2D eigenvalue weighted by molar-refractivity contribution is 5.90. The maximum absolute atomic E-state index is 13.8. The molecule has 170 valence electrons. The van der Waals surface area contributed by atoms with E-state index < -0.39 is 17.7 Å². The number of halogens is 4. The summed E-state index contributed by atoms with van der Waals surface area (Å²) in [6.45, 7) is 4.23. The van der Waals surface area contributed by atoms with Crippen LogP contribution in [0.2, 0.25) is 0 Å². The van der Waals surface area contributed by atoms with Gasteiger partial charge in [0.05, 0.1) is 30.3 Å². The second-order valence-corrected chi connectivity index (χ2v) is 8.16. The summed E-state index contributed by atoms with van der Waals surface area (Å²) >= 11 is 0. The SMILES string of the molecule is C[C@@H]1CN([C@H]2COc3cc(F)ccc3[C@@H]2Nc2nccc3[nH]c(C(F)(F)F)cc23)CCO1. The van der Waals surface area contributed by atoms with E-state index in [2.05, 4.69) is 20.2 Å². The predicted molar refractivity (Wildman–Crippen MR) is 110 cm³/mol. The van der Waals surface area contributed by atoms with Crippen LogP contribution in [0.4, 0.5) is 23.4 Å². The van der Waals surface area contributed by atoms with Crippen molar-refractivity contribution < 1.29 is 27.0 Å². The molecular formula is C22H22F4N4O2. The zero-order valence-electron chi connectivity index (χ0n) is 17.2. The number of pyridine rings is 1. The molecule has 0 saturated carbocycles. The van der Waals surface area contributed by atoms with Crippen molar-refractivity contribution in [3.63, 3.8) is 0 Å². The number of alkyl halides is 3. The van der Waals surface area contributed by atoms with Gasteiger partial charge in [-0.3, -0.25) is 4.90 Å². The summed E-state index contributed by atoms with van der Waals surface area (Å²) in [5, 5.41) is 3.68. The smallest absolute Gasteiger partial charge is 0.431 e. The molecule has 0 amide bonds. The van der Waals surface area contributed by atoms with Crippen LogP contribution in [-0.2, 0) is 10.9 Å². The Morgan fingerprint density at radius 1 is 1.22 bits per heavy atom. The summed E-state index contributed by atoms with van der Waals surface area (Å²) < 4.78 is 65.1. The van der Waals surface area contributed by atoms with Gasteiger partial charge in [0.25, 0.3) is 0 Å². The lowest BCUT2D eigenvalue weighted by atomic mass is 9.94. The molecule has 10 heteroatoms. The molecule has 0 bridgehead atoms. The second kappa shape index (κ2) is 7.93. The summed E-state index contributed by atoms with van der Waals surface area (Å²) in [7, 11) is 0. The molecule has 1 aromatic carbocycles. The van der Waals surface area contributed by atoms with Crippen molar-refractivity contribution in [2.24, 2.45) is 0 Å². The quantitative estimate of drug-likeness (QED) is 0.581. The Morgan fingerprint density at radius 2 is 2.06 bits per heavy atom. The Kier molecular flexibility index (Phi) is 5.21. The Bertz CT molecular complexity index is 1130. The van der Waals surface area contributed by atoms with Crippen LogP contribution in [0.1, 0.15) is 24.2 Å². The molecule has 5 rings (SSSR count). The van der Waals surface area contributed by atoms with Gasteiger partial charge in [-0.05, 0) is 25.1 Å². The maximum atomic E-state index is 13.8. The molecule has 2 aromatic heterocycles. The summed E-state index contributed by atoms with van der Waals surface area (Å²) in [6, 6.07) is 6.38. The zero-order valence-corrected chi connectivity index (χ0v) is 17.2. The van der Waals surface area contributed by atoms with Gasteiger partial charge in [-0.1, -0.05) is 6.07 Å². The van der Waals surface area contributed by atoms with E-state index in [1.807, 2.05) is 6.92 Å². The molecule has 0 radical (unpaired) electrons. The highest BCUT2D eigenvalue weighted by atomic mass is 19.4. The largest absolute Gasteiger partial charge is 0.491 e. The fourth-order valence-electron chi connectivity index (χ4n) is 4.47. The molecule has 2 N–H and O–H groups in total. The number of nitrogens with one attached hydrogen (secondary N) is 2. The van der Waals surface area contributed by atoms with Crippen molar-refractivity contribution >= 4 is 16.7 Å². The highest BCUT2D eigenvalue weighted by Gasteiger charge is 2.38. The number of benzene rings is 1. The number of ether oxygens (including phenoxy) is 2. The van der Waals surface area contributed by atoms with Crippen LogP contribution in [0.5, 0.6) is 5.75 Å². The van der Waals surface area contributed by atoms with E-state index in [-0.39, 0.29) is 18.2 Å². The van der Waals surface area contributed by atoms with Crippen LogP contribution in [0.25, 0.3) is 10.9 Å². The highest BCUT2D eigenvalue weighted by Crippen LogP contribution is 2.39. The molecule has 2 aliphatic rings. The monoisotopic (exact) mass is 450 g/mol. The van der Waals surface area contributed by atoms with Gasteiger partial charge in [0.15, 0.2) is 0 Å². The van der Waals surface area contributed by atoms with Crippen molar-refractivity contribution in [1.29, 1.82) is 0 Å². The first-order valence-corrected chi connectivity index (χ1v) is 10.4. The molecule has 1 fully saturated rings. The van der Waals surface area contributed by atoms with Gasteiger partial charge in [-0.25, -0.2) is 9.37 Å². The summed E-state index contributed by atoms with van der Waals surface area (Å²) in [6.07, 6.45) is -3.00. The molecule has 1 saturated heterocycles. The van der Waals surface area contributed by atoms with Crippen LogP contribution in [0, 0.1) is 5.82 Å². The number of H-pyrrole nitrogens is 1. The molecule has 2 aliphatic heterocycles. The number of anilines is 1. The van der Waals surface area contributed by atoms with Gasteiger partial charge >= 0.3 is 6.18 Å². The lowest BCUT2D eigenvalue weighted by Crippen LogP contribution is -2.54. The van der Waals surface area contributed by atoms with Crippen LogP contribution in [-0.4, -0.2) is 53.3 Å². The van der Waals surface area contributed by atoms with Crippen LogP contribution < -0.4 is 10.1 Å². The number of rotatable bonds is 3. The van der Waals surface area contributed by atoms with Crippen molar-refractivity contribution in [3.8, 4) is 5.75 Å². The third-order valence-corrected chi connectivity index (χ3v) is 5.99. The van der Waals surface area contributed by atoms with Gasteiger partial charge in [0, 0.05) is 36.3 Å². The Hall–Kier alpha value is -2.85. The maximum Gasteiger partial charge on any atom is 0.431 e. The first-order valence-electron chi connectivity index (χ1n) is 10.4. The minimum atomic E-state index is -4.49. The number of aromatic amines is 1. The molecule has 6 nitrogen and oxygen atoms in total. The normalized spacial score (nSPS) is 24.2. The Morgan fingerprint density at radius 3 is 2.84 bits per heavy atom. The van der Waals surface area contributed by atoms with Gasteiger partial charge in [0.1, 0.15) is 29.7 Å². The van der Waals surface area contributed by atoms with E-state index in [1.54, 1.807) is 6.07 Å². The van der Waals surface area contributed by atoms with E-state index in [0.29, 0.717) is 48.8 Å². The summed E-state index contributed by atoms with van der Waals surface area (Å²) in [4.78, 5) is 8.97. The minimum Gasteiger partial charge on any atom is -0.491 e. The summed E-state index contributed by atoms with van der Waals surface area (Å²) in [5.41, 5.74) is 0.224. The number of hydrogen-bond acceptors (Lipinski definition) is 5. The fraction of sp³-hybridized carbons (Fsp3) is 0.409. The molecule has 4 heterocycles. The average molecular weight is 450 g/mol. The standard InChI is InChI=1S/C22H22F4N4O2/c1-12-10-30(6-7-31-12)17-11-32-18-8-13(23)2-3-14(18)20(17)29-21-15-9-19(22(24,25)26)28-16(15)4-5-27-21/h2-5,8-9,12,17,20,28H,6-7,10-11H2,1H3,(H,27,29)/t12-,17+,20+/m1/s1.